The van der Waals surface area contributed by atoms with Crippen molar-refractivity contribution in [1.82, 2.24) is 0 Å². The van der Waals surface area contributed by atoms with Gasteiger partial charge in [0.05, 0.1) is 6.10 Å². The van der Waals surface area contributed by atoms with Crippen LogP contribution >= 0.6 is 22.9 Å². The first kappa shape index (κ1) is 21.1. The van der Waals surface area contributed by atoms with Crippen LogP contribution in [0.15, 0.2) is 36.4 Å². The van der Waals surface area contributed by atoms with Gasteiger partial charge in [-0.3, -0.25) is 0 Å². The molecule has 1 heterocycles. The molecule has 5 heteroatoms. The van der Waals surface area contributed by atoms with Gasteiger partial charge in [-0.2, -0.15) is 0 Å². The Hall–Kier alpha value is -1.62. The fourth-order valence-electron chi connectivity index (χ4n) is 4.20. The number of alkyl halides is 1. The standard InChI is InChI=1S/C23H27ClO3S/c1-14-10-15(2)12-16(11-14)6-8-19-18(20(24)13-21(19)25)5-3-4-17-7-9-22(28-17)23(26)27/h6-12,18-21,25H,3-5,13H2,1-2H3,(H,26,27)/t18-,19+,20+,21-/m1/s1. The van der Waals surface area contributed by atoms with E-state index in [9.17, 15) is 9.90 Å². The quantitative estimate of drug-likeness (QED) is 0.566. The summed E-state index contributed by atoms with van der Waals surface area (Å²) in [4.78, 5) is 12.5. The smallest absolute Gasteiger partial charge is 0.345 e. The highest BCUT2D eigenvalue weighted by atomic mass is 35.5. The fourth-order valence-corrected chi connectivity index (χ4v) is 5.57. The molecule has 1 aromatic heterocycles. The van der Waals surface area contributed by atoms with E-state index in [-0.39, 0.29) is 17.2 Å². The molecule has 0 saturated heterocycles. The van der Waals surface area contributed by atoms with Crippen LogP contribution in [0.1, 0.15) is 50.5 Å². The predicted molar refractivity (Wildman–Crippen MR) is 116 cm³/mol. The Kier molecular flexibility index (Phi) is 6.97. The Morgan fingerprint density at radius 1 is 1.25 bits per heavy atom. The van der Waals surface area contributed by atoms with Crippen LogP contribution in [0.25, 0.3) is 6.08 Å². The second kappa shape index (κ2) is 9.25. The monoisotopic (exact) mass is 418 g/mol. The molecule has 2 aromatic rings. The third-order valence-corrected chi connectivity index (χ3v) is 7.09. The van der Waals surface area contributed by atoms with Gasteiger partial charge >= 0.3 is 5.97 Å². The molecule has 1 aliphatic carbocycles. The number of benzene rings is 1. The molecule has 0 unspecified atom stereocenters. The summed E-state index contributed by atoms with van der Waals surface area (Å²) in [6.45, 7) is 4.18. The molecule has 1 fully saturated rings. The highest BCUT2D eigenvalue weighted by Crippen LogP contribution is 2.40. The van der Waals surface area contributed by atoms with Gasteiger partial charge in [-0.25, -0.2) is 4.79 Å². The normalized spacial score (nSPS) is 24.9. The number of carboxylic acids is 1. The van der Waals surface area contributed by atoms with E-state index in [1.165, 1.54) is 22.5 Å². The average molecular weight is 419 g/mol. The Morgan fingerprint density at radius 2 is 1.96 bits per heavy atom. The highest BCUT2D eigenvalue weighted by Gasteiger charge is 2.39. The SMILES string of the molecule is Cc1cc(C)cc(C=C[C@H]2[C@@H](CCCc3ccc(C(=O)O)s3)[C@@H](Cl)C[C@H]2O)c1. The van der Waals surface area contributed by atoms with Crippen LogP contribution in [0.4, 0.5) is 0 Å². The lowest BCUT2D eigenvalue weighted by Crippen LogP contribution is -2.18. The Balaban J connectivity index is 1.62. The van der Waals surface area contributed by atoms with Gasteiger partial charge in [-0.05, 0) is 63.1 Å². The number of hydrogen-bond donors (Lipinski definition) is 2. The first-order valence-corrected chi connectivity index (χ1v) is 11.0. The van der Waals surface area contributed by atoms with Crippen LogP contribution in [-0.4, -0.2) is 27.7 Å². The zero-order valence-corrected chi connectivity index (χ0v) is 17.8. The summed E-state index contributed by atoms with van der Waals surface area (Å²) in [5.74, 6) is -0.577. The van der Waals surface area contributed by atoms with Crippen molar-refractivity contribution in [1.29, 1.82) is 0 Å². The molecule has 28 heavy (non-hydrogen) atoms. The van der Waals surface area contributed by atoms with Crippen LogP contribution in [0, 0.1) is 25.7 Å². The number of aliphatic hydroxyl groups excluding tert-OH is 1. The summed E-state index contributed by atoms with van der Waals surface area (Å²) in [7, 11) is 0. The number of rotatable bonds is 7. The van der Waals surface area contributed by atoms with E-state index in [2.05, 4.69) is 44.2 Å². The van der Waals surface area contributed by atoms with E-state index in [1.54, 1.807) is 6.07 Å². The minimum absolute atomic E-state index is 0.0261. The van der Waals surface area contributed by atoms with Crippen LogP contribution in [0.3, 0.4) is 0 Å². The Bertz CT molecular complexity index is 837. The summed E-state index contributed by atoms with van der Waals surface area (Å²) in [6, 6.07) is 10.0. The average Bonchev–Trinajstić information content (AvgIpc) is 3.18. The lowest BCUT2D eigenvalue weighted by atomic mass is 9.89. The first-order valence-electron chi connectivity index (χ1n) is 9.74. The molecule has 0 bridgehead atoms. The van der Waals surface area contributed by atoms with Crippen molar-refractivity contribution in [2.75, 3.05) is 0 Å². The molecule has 3 rings (SSSR count). The maximum atomic E-state index is 11.0. The molecule has 0 amide bonds. The van der Waals surface area contributed by atoms with E-state index >= 15 is 0 Å². The molecule has 1 aromatic carbocycles. The number of aliphatic hydroxyl groups is 1. The molecule has 1 aliphatic rings. The number of aryl methyl sites for hydroxylation is 3. The minimum atomic E-state index is -0.868. The Labute approximate surface area is 175 Å². The lowest BCUT2D eigenvalue weighted by Gasteiger charge is -2.20. The highest BCUT2D eigenvalue weighted by molar-refractivity contribution is 7.13. The number of carbonyl (C=O) groups is 1. The number of thiophene rings is 1. The van der Waals surface area contributed by atoms with Crippen LogP contribution < -0.4 is 0 Å². The number of carboxylic acid groups (broad SMARTS) is 1. The largest absolute Gasteiger partial charge is 0.477 e. The third-order valence-electron chi connectivity index (χ3n) is 5.46. The molecule has 1 saturated carbocycles. The molecule has 150 valence electrons. The Morgan fingerprint density at radius 3 is 2.61 bits per heavy atom. The molecule has 0 aliphatic heterocycles. The summed E-state index contributed by atoms with van der Waals surface area (Å²) >= 11 is 7.90. The summed E-state index contributed by atoms with van der Waals surface area (Å²) < 4.78 is 0. The second-order valence-electron chi connectivity index (χ2n) is 7.80. The molecule has 0 radical (unpaired) electrons. The van der Waals surface area contributed by atoms with E-state index in [0.29, 0.717) is 11.3 Å². The number of aromatic carboxylic acids is 1. The third kappa shape index (κ3) is 5.25. The van der Waals surface area contributed by atoms with E-state index in [0.717, 1.165) is 29.7 Å². The predicted octanol–water partition coefficient (Wildman–Crippen LogP) is 5.70. The summed E-state index contributed by atoms with van der Waals surface area (Å²) in [6.07, 6.45) is 7.16. The molecule has 3 nitrogen and oxygen atoms in total. The van der Waals surface area contributed by atoms with Crippen molar-refractivity contribution in [3.8, 4) is 0 Å². The first-order chi connectivity index (χ1) is 13.3. The molecule has 2 N–H and O–H groups in total. The van der Waals surface area contributed by atoms with E-state index < -0.39 is 12.1 Å². The molecular formula is C23H27ClO3S. The molecular weight excluding hydrogens is 392 g/mol. The van der Waals surface area contributed by atoms with Crippen LogP contribution in [0.5, 0.6) is 0 Å². The van der Waals surface area contributed by atoms with Gasteiger partial charge < -0.3 is 10.2 Å². The van der Waals surface area contributed by atoms with Crippen LogP contribution in [0.2, 0.25) is 0 Å². The van der Waals surface area contributed by atoms with Gasteiger partial charge in [0.1, 0.15) is 4.88 Å². The van der Waals surface area contributed by atoms with Crippen molar-refractivity contribution in [2.45, 2.75) is 51.0 Å². The summed E-state index contributed by atoms with van der Waals surface area (Å²) in [5.41, 5.74) is 3.62. The van der Waals surface area contributed by atoms with Gasteiger partial charge in [0.25, 0.3) is 0 Å². The topological polar surface area (TPSA) is 57.5 Å². The van der Waals surface area contributed by atoms with Crippen LogP contribution in [-0.2, 0) is 6.42 Å². The van der Waals surface area contributed by atoms with Gasteiger partial charge in [0, 0.05) is 16.2 Å². The second-order valence-corrected chi connectivity index (χ2v) is 9.53. The van der Waals surface area contributed by atoms with Crippen molar-refractivity contribution >= 4 is 35.0 Å². The minimum Gasteiger partial charge on any atom is -0.477 e. The maximum absolute atomic E-state index is 11.0. The van der Waals surface area contributed by atoms with Gasteiger partial charge in [0.15, 0.2) is 0 Å². The summed E-state index contributed by atoms with van der Waals surface area (Å²) in [5, 5.41) is 19.5. The van der Waals surface area contributed by atoms with Crippen molar-refractivity contribution < 1.29 is 15.0 Å². The van der Waals surface area contributed by atoms with Gasteiger partial charge in [0.2, 0.25) is 0 Å². The fraction of sp³-hybridized carbons (Fsp3) is 0.435. The van der Waals surface area contributed by atoms with Crippen molar-refractivity contribution in [3.63, 3.8) is 0 Å². The van der Waals surface area contributed by atoms with Gasteiger partial charge in [-0.15, -0.1) is 22.9 Å². The van der Waals surface area contributed by atoms with E-state index in [1.807, 2.05) is 6.07 Å². The van der Waals surface area contributed by atoms with Crippen molar-refractivity contribution in [2.24, 2.45) is 11.8 Å². The number of hydrogen-bond acceptors (Lipinski definition) is 3. The maximum Gasteiger partial charge on any atom is 0.345 e. The zero-order chi connectivity index (χ0) is 20.3. The van der Waals surface area contributed by atoms with Gasteiger partial charge in [-0.1, -0.05) is 41.5 Å². The molecule has 0 spiro atoms. The van der Waals surface area contributed by atoms with E-state index in [4.69, 9.17) is 16.7 Å². The number of halogens is 1. The van der Waals surface area contributed by atoms with Crippen molar-refractivity contribution in [3.05, 3.63) is 62.9 Å². The molecule has 4 atom stereocenters. The zero-order valence-electron chi connectivity index (χ0n) is 16.3. The lowest BCUT2D eigenvalue weighted by molar-refractivity contribution is 0.0702.